The highest BCUT2D eigenvalue weighted by atomic mass is 16.4. The summed E-state index contributed by atoms with van der Waals surface area (Å²) in [4.78, 5) is 55.5. The molecule has 14 N–H and O–H groups in total. The van der Waals surface area contributed by atoms with Crippen LogP contribution in [0.1, 0.15) is 32.6 Å². The number of carbonyl (C=O) groups is 4. The van der Waals surface area contributed by atoms with Crippen LogP contribution in [-0.2, 0) is 19.2 Å². The lowest BCUT2D eigenvalue weighted by atomic mass is 10.1. The van der Waals surface area contributed by atoms with E-state index in [2.05, 4.69) is 25.9 Å². The van der Waals surface area contributed by atoms with E-state index in [0.717, 1.165) is 0 Å². The number of nitrogens with one attached hydrogen (secondary N) is 3. The van der Waals surface area contributed by atoms with Crippen LogP contribution >= 0.6 is 0 Å². The molecule has 0 aliphatic carbocycles. The number of nitrogens with zero attached hydrogens (tertiary/aromatic N) is 2. The van der Waals surface area contributed by atoms with Gasteiger partial charge in [-0.05, 0) is 32.6 Å². The lowest BCUT2D eigenvalue weighted by molar-refractivity contribution is -0.138. The summed E-state index contributed by atoms with van der Waals surface area (Å²) in [6.07, 6.45) is 0.967. The smallest absolute Gasteiger partial charge is 0.322 e. The van der Waals surface area contributed by atoms with Gasteiger partial charge in [0.15, 0.2) is 11.9 Å². The van der Waals surface area contributed by atoms with Crippen LogP contribution in [0.25, 0.3) is 0 Å². The average molecular weight is 459 g/mol. The number of rotatable bonds is 15. The maximum absolute atomic E-state index is 12.8. The van der Waals surface area contributed by atoms with Crippen molar-refractivity contribution in [2.24, 2.45) is 38.7 Å². The summed E-state index contributed by atoms with van der Waals surface area (Å²) in [5.41, 5.74) is 26.6. The molecule has 0 aliphatic heterocycles. The lowest BCUT2D eigenvalue weighted by Crippen LogP contribution is -2.55. The molecular formula is C17H34N10O5. The van der Waals surface area contributed by atoms with Crippen LogP contribution in [0.5, 0.6) is 0 Å². The van der Waals surface area contributed by atoms with Crippen LogP contribution in [0.15, 0.2) is 9.98 Å². The molecule has 0 saturated heterocycles. The lowest BCUT2D eigenvalue weighted by Gasteiger charge is -2.23. The second-order valence-electron chi connectivity index (χ2n) is 6.92. The van der Waals surface area contributed by atoms with E-state index >= 15 is 0 Å². The molecule has 0 radical (unpaired) electrons. The van der Waals surface area contributed by atoms with Crippen molar-refractivity contribution in [1.82, 2.24) is 16.0 Å². The van der Waals surface area contributed by atoms with Crippen LogP contribution < -0.4 is 44.6 Å². The van der Waals surface area contributed by atoms with Gasteiger partial charge >= 0.3 is 5.97 Å². The molecule has 32 heavy (non-hydrogen) atoms. The minimum Gasteiger partial charge on any atom is -0.480 e. The van der Waals surface area contributed by atoms with Gasteiger partial charge in [-0.1, -0.05) is 0 Å². The molecule has 0 spiro atoms. The van der Waals surface area contributed by atoms with Crippen molar-refractivity contribution in [1.29, 1.82) is 0 Å². The molecule has 3 amide bonds. The molecule has 0 bridgehead atoms. The molecule has 0 rings (SSSR count). The van der Waals surface area contributed by atoms with Gasteiger partial charge in [-0.15, -0.1) is 0 Å². The van der Waals surface area contributed by atoms with Gasteiger partial charge in [-0.2, -0.15) is 0 Å². The summed E-state index contributed by atoms with van der Waals surface area (Å²) in [5.74, 6) is -3.40. The molecule has 0 unspecified atom stereocenters. The van der Waals surface area contributed by atoms with Gasteiger partial charge in [0.05, 0.1) is 6.04 Å². The summed E-state index contributed by atoms with van der Waals surface area (Å²) in [5, 5.41) is 16.0. The van der Waals surface area contributed by atoms with Gasteiger partial charge in [0, 0.05) is 13.1 Å². The first-order chi connectivity index (χ1) is 14.9. The Morgan fingerprint density at radius 2 is 1.25 bits per heavy atom. The maximum Gasteiger partial charge on any atom is 0.322 e. The minimum atomic E-state index is -1.24. The number of hydrogen-bond acceptors (Lipinski definition) is 7. The quantitative estimate of drug-likeness (QED) is 0.0645. The molecule has 0 aromatic rings. The number of hydrogen-bond donors (Lipinski definition) is 9. The van der Waals surface area contributed by atoms with Crippen molar-refractivity contribution >= 4 is 35.6 Å². The molecule has 0 fully saturated rings. The Labute approximate surface area is 185 Å². The summed E-state index contributed by atoms with van der Waals surface area (Å²) in [6, 6.07) is -2.96. The monoisotopic (exact) mass is 458 g/mol. The van der Waals surface area contributed by atoms with Crippen LogP contribution in [0.4, 0.5) is 0 Å². The predicted octanol–water partition coefficient (Wildman–Crippen LogP) is -4.39. The van der Waals surface area contributed by atoms with Crippen molar-refractivity contribution in [3.05, 3.63) is 0 Å². The van der Waals surface area contributed by atoms with E-state index in [1.54, 1.807) is 0 Å². The fourth-order valence-electron chi connectivity index (χ4n) is 2.41. The number of amides is 3. The molecule has 0 aromatic carbocycles. The molecule has 0 saturated carbocycles. The van der Waals surface area contributed by atoms with Crippen molar-refractivity contribution in [2.75, 3.05) is 19.6 Å². The van der Waals surface area contributed by atoms with E-state index in [1.807, 2.05) is 0 Å². The number of carboxylic acid groups (broad SMARTS) is 1. The second kappa shape index (κ2) is 15.2. The zero-order chi connectivity index (χ0) is 24.7. The molecule has 0 aliphatic rings. The maximum atomic E-state index is 12.8. The zero-order valence-electron chi connectivity index (χ0n) is 18.0. The van der Waals surface area contributed by atoms with Crippen molar-refractivity contribution < 1.29 is 24.3 Å². The van der Waals surface area contributed by atoms with Crippen LogP contribution in [0, 0.1) is 0 Å². The fraction of sp³-hybridized carbons (Fsp3) is 0.647. The van der Waals surface area contributed by atoms with Crippen molar-refractivity contribution in [3.8, 4) is 0 Å². The number of carbonyl (C=O) groups excluding carboxylic acids is 3. The first kappa shape index (κ1) is 28.4. The van der Waals surface area contributed by atoms with E-state index in [-0.39, 0.29) is 37.9 Å². The standard InChI is InChI=1S/C17H34N10O5/c1-9(18)13(30)26-11(5-3-7-24-17(21)22)15(32)27-10(4-2-6-23-16(19)20)14(31)25-8-12(28)29/h9-11H,2-8,18H2,1H3,(H,25,31)(H,26,30)(H,27,32)(H,28,29)(H4,19,20,23)(H4,21,22,24)/t9-,10-,11-/m0/s1. The Kier molecular flexibility index (Phi) is 13.5. The van der Waals surface area contributed by atoms with E-state index in [9.17, 15) is 19.2 Å². The molecule has 0 aromatic heterocycles. The number of carboxylic acids is 1. The second-order valence-corrected chi connectivity index (χ2v) is 6.92. The number of aliphatic carboxylic acids is 1. The van der Waals surface area contributed by atoms with Gasteiger partial charge in [-0.3, -0.25) is 29.2 Å². The van der Waals surface area contributed by atoms with E-state index < -0.39 is 48.4 Å². The highest BCUT2D eigenvalue weighted by Crippen LogP contribution is 2.04. The number of nitrogens with two attached hydrogens (primary N) is 5. The predicted molar refractivity (Wildman–Crippen MR) is 118 cm³/mol. The summed E-state index contributed by atoms with van der Waals surface area (Å²) < 4.78 is 0. The van der Waals surface area contributed by atoms with Crippen LogP contribution in [-0.4, -0.2) is 78.5 Å². The largest absolute Gasteiger partial charge is 0.480 e. The molecule has 0 heterocycles. The molecular weight excluding hydrogens is 424 g/mol. The molecule has 3 atom stereocenters. The minimum absolute atomic E-state index is 0.110. The Morgan fingerprint density at radius 1 is 0.812 bits per heavy atom. The van der Waals surface area contributed by atoms with Gasteiger partial charge in [0.1, 0.15) is 18.6 Å². The third kappa shape index (κ3) is 13.6. The Bertz CT molecular complexity index is 702. The first-order valence-corrected chi connectivity index (χ1v) is 9.90. The zero-order valence-corrected chi connectivity index (χ0v) is 18.0. The van der Waals surface area contributed by atoms with Crippen LogP contribution in [0.2, 0.25) is 0 Å². The number of aliphatic imine (C=N–C) groups is 2. The van der Waals surface area contributed by atoms with Gasteiger partial charge < -0.3 is 49.7 Å². The third-order valence-electron chi connectivity index (χ3n) is 3.98. The average Bonchev–Trinajstić information content (AvgIpc) is 2.69. The van der Waals surface area contributed by atoms with Gasteiger partial charge in [0.2, 0.25) is 17.7 Å². The van der Waals surface area contributed by atoms with Gasteiger partial charge in [0.25, 0.3) is 0 Å². The number of guanidine groups is 2. The normalized spacial score (nSPS) is 13.1. The third-order valence-corrected chi connectivity index (χ3v) is 3.98. The Morgan fingerprint density at radius 3 is 1.66 bits per heavy atom. The molecule has 15 nitrogen and oxygen atoms in total. The Hall–Kier alpha value is -3.62. The summed E-state index contributed by atoms with van der Waals surface area (Å²) in [7, 11) is 0. The highest BCUT2D eigenvalue weighted by molar-refractivity contribution is 5.93. The van der Waals surface area contributed by atoms with E-state index in [1.165, 1.54) is 6.92 Å². The van der Waals surface area contributed by atoms with E-state index in [0.29, 0.717) is 12.8 Å². The highest BCUT2D eigenvalue weighted by Gasteiger charge is 2.27. The van der Waals surface area contributed by atoms with Crippen LogP contribution in [0.3, 0.4) is 0 Å². The molecule has 15 heteroatoms. The summed E-state index contributed by atoms with van der Waals surface area (Å²) in [6.45, 7) is 1.25. The van der Waals surface area contributed by atoms with Gasteiger partial charge in [-0.25, -0.2) is 0 Å². The van der Waals surface area contributed by atoms with Crippen molar-refractivity contribution in [2.45, 2.75) is 50.7 Å². The SMILES string of the molecule is C[C@H](N)C(=O)N[C@@H](CCCN=C(N)N)C(=O)N[C@@H](CCCN=C(N)N)C(=O)NCC(=O)O. The first-order valence-electron chi connectivity index (χ1n) is 9.90. The van der Waals surface area contributed by atoms with Crippen molar-refractivity contribution in [3.63, 3.8) is 0 Å². The topological polar surface area (TPSA) is 279 Å². The summed E-state index contributed by atoms with van der Waals surface area (Å²) >= 11 is 0. The fourth-order valence-corrected chi connectivity index (χ4v) is 2.41. The van der Waals surface area contributed by atoms with E-state index in [4.69, 9.17) is 33.8 Å². The molecule has 182 valence electrons. The Balaban J connectivity index is 5.28.